The molecule has 0 radical (unpaired) electrons. The number of halogens is 1. The first-order valence-corrected chi connectivity index (χ1v) is 14.0. The first-order valence-electron chi connectivity index (χ1n) is 11.6. The summed E-state index contributed by atoms with van der Waals surface area (Å²) in [5, 5.41) is 21.6. The van der Waals surface area contributed by atoms with E-state index in [-0.39, 0.29) is 24.9 Å². The Labute approximate surface area is 226 Å². The third kappa shape index (κ3) is 6.83. The molecule has 2 aromatic heterocycles. The number of hydrogen-bond donors (Lipinski definition) is 5. The van der Waals surface area contributed by atoms with Gasteiger partial charge in [0, 0.05) is 13.1 Å². The molecule has 3 heterocycles. The molecule has 0 saturated carbocycles. The van der Waals surface area contributed by atoms with Gasteiger partial charge in [-0.15, -0.1) is 21.5 Å². The number of allylic oxidation sites excluding steroid dienone is 2. The van der Waals surface area contributed by atoms with Gasteiger partial charge in [0.2, 0.25) is 11.8 Å². The summed E-state index contributed by atoms with van der Waals surface area (Å²) in [4.78, 5) is 17.5. The van der Waals surface area contributed by atoms with Gasteiger partial charge < -0.3 is 20.4 Å². The lowest BCUT2D eigenvalue weighted by Gasteiger charge is -2.14. The smallest absolute Gasteiger partial charge is 0.316 e. The number of carbonyl (C=O) groups excluding carboxylic acids is 1. The number of benzene rings is 2. The Kier molecular flexibility index (Phi) is 7.65. The van der Waals surface area contributed by atoms with Crippen LogP contribution >= 0.6 is 11.3 Å². The van der Waals surface area contributed by atoms with Crippen LogP contribution in [0.5, 0.6) is 0 Å². The molecular formula is C24H23FN8O4S2. The van der Waals surface area contributed by atoms with Crippen molar-refractivity contribution >= 4 is 43.4 Å². The van der Waals surface area contributed by atoms with E-state index >= 15 is 0 Å². The largest absolute Gasteiger partial charge is 0.421 e. The molecule has 4 aromatic rings. The number of amides is 2. The van der Waals surface area contributed by atoms with E-state index in [4.69, 9.17) is 9.56 Å². The summed E-state index contributed by atoms with van der Waals surface area (Å²) >= 11 is 1.31. The van der Waals surface area contributed by atoms with E-state index in [9.17, 15) is 17.6 Å². The van der Waals surface area contributed by atoms with E-state index in [1.165, 1.54) is 17.4 Å². The van der Waals surface area contributed by atoms with Gasteiger partial charge in [0.05, 0.1) is 16.8 Å². The van der Waals surface area contributed by atoms with Crippen molar-refractivity contribution in [2.24, 2.45) is 5.14 Å². The minimum atomic E-state index is -3.97. The van der Waals surface area contributed by atoms with Gasteiger partial charge in [0.15, 0.2) is 12.0 Å². The van der Waals surface area contributed by atoms with Gasteiger partial charge in [-0.25, -0.2) is 14.9 Å². The highest BCUT2D eigenvalue weighted by Gasteiger charge is 2.27. The van der Waals surface area contributed by atoms with Crippen LogP contribution < -0.4 is 25.8 Å². The van der Waals surface area contributed by atoms with Gasteiger partial charge in [-0.1, -0.05) is 42.5 Å². The lowest BCUT2D eigenvalue weighted by Crippen LogP contribution is -2.38. The second-order valence-electron chi connectivity index (χ2n) is 8.44. The number of nitrogens with one attached hydrogen (secondary N) is 4. The van der Waals surface area contributed by atoms with Crippen LogP contribution in [0, 0.1) is 0 Å². The lowest BCUT2D eigenvalue weighted by molar-refractivity contribution is 0.236. The average molecular weight is 571 g/mol. The predicted octanol–water partition coefficient (Wildman–Crippen LogP) is 2.36. The van der Waals surface area contributed by atoms with E-state index < -0.39 is 28.2 Å². The first-order chi connectivity index (χ1) is 18.7. The monoisotopic (exact) mass is 570 g/mol. The van der Waals surface area contributed by atoms with Gasteiger partial charge in [-0.3, -0.25) is 0 Å². The third-order valence-corrected chi connectivity index (χ3v) is 7.26. The fraction of sp³-hybridized carbons (Fsp3) is 0.167. The molecule has 5 rings (SSSR count). The van der Waals surface area contributed by atoms with Crippen molar-refractivity contribution in [3.8, 4) is 0 Å². The summed E-state index contributed by atoms with van der Waals surface area (Å²) in [5.41, 5.74) is 3.39. The Morgan fingerprint density at radius 3 is 2.72 bits per heavy atom. The Morgan fingerprint density at radius 1 is 1.15 bits per heavy atom. The molecule has 0 fully saturated rings. The summed E-state index contributed by atoms with van der Waals surface area (Å²) in [6.45, 7) is 0.316. The van der Waals surface area contributed by atoms with Crippen LogP contribution in [0.4, 0.5) is 9.18 Å². The van der Waals surface area contributed by atoms with Crippen molar-refractivity contribution in [3.63, 3.8) is 0 Å². The van der Waals surface area contributed by atoms with Gasteiger partial charge in [-0.2, -0.15) is 17.5 Å². The average Bonchev–Trinajstić information content (AvgIpc) is 3.57. The molecule has 0 saturated heterocycles. The molecule has 6 N–H and O–H groups in total. The second-order valence-corrected chi connectivity index (χ2v) is 10.9. The minimum absolute atomic E-state index is 0.00941. The first kappa shape index (κ1) is 26.4. The summed E-state index contributed by atoms with van der Waals surface area (Å²) in [6.07, 6.45) is 3.08. The molecule has 0 spiro atoms. The third-order valence-electron chi connectivity index (χ3n) is 5.63. The normalized spacial score (nSPS) is 14.3. The van der Waals surface area contributed by atoms with E-state index in [0.29, 0.717) is 17.1 Å². The topological polar surface area (TPSA) is 177 Å². The van der Waals surface area contributed by atoms with Crippen molar-refractivity contribution < 1.29 is 22.0 Å². The van der Waals surface area contributed by atoms with E-state index in [1.54, 1.807) is 6.08 Å². The minimum Gasteiger partial charge on any atom is -0.421 e. The van der Waals surface area contributed by atoms with Crippen LogP contribution in [0.1, 0.15) is 34.0 Å². The zero-order chi connectivity index (χ0) is 27.4. The van der Waals surface area contributed by atoms with Crippen molar-refractivity contribution in [1.82, 2.24) is 35.9 Å². The maximum Gasteiger partial charge on any atom is 0.316 e. The number of dihydropyridines is 1. The molecule has 1 aliphatic rings. The highest BCUT2D eigenvalue weighted by Crippen LogP contribution is 2.32. The molecule has 0 bridgehead atoms. The Bertz CT molecular complexity index is 1670. The van der Waals surface area contributed by atoms with Crippen molar-refractivity contribution in [2.45, 2.75) is 19.1 Å². The molecule has 39 heavy (non-hydrogen) atoms. The van der Waals surface area contributed by atoms with Crippen LogP contribution in [0.25, 0.3) is 15.8 Å². The van der Waals surface area contributed by atoms with Crippen LogP contribution in [0.2, 0.25) is 0 Å². The number of hydrogen-bond acceptors (Lipinski definition) is 9. The van der Waals surface area contributed by atoms with Crippen LogP contribution in [-0.2, 0) is 23.3 Å². The molecule has 2 amide bonds. The maximum absolute atomic E-state index is 13.3. The zero-order valence-electron chi connectivity index (χ0n) is 20.2. The molecule has 1 atom stereocenters. The fourth-order valence-corrected chi connectivity index (χ4v) is 5.12. The molecule has 15 heteroatoms. The molecule has 1 unspecified atom stereocenters. The SMILES string of the molecule is NS(=O)(=O)NCc1nnc(C(NC(=O)NCc2ccccc2)c2nc3ccc(C4=CC=C(F)NC4)cc3s2)o1. The van der Waals surface area contributed by atoms with Crippen molar-refractivity contribution in [3.05, 3.63) is 94.5 Å². The lowest BCUT2D eigenvalue weighted by atomic mass is 10.0. The van der Waals surface area contributed by atoms with Crippen LogP contribution in [0.3, 0.4) is 0 Å². The zero-order valence-corrected chi connectivity index (χ0v) is 21.9. The quantitative estimate of drug-likeness (QED) is 0.190. The summed E-state index contributed by atoms with van der Waals surface area (Å²) < 4.78 is 44.3. The van der Waals surface area contributed by atoms with Gasteiger partial charge in [-0.05, 0) is 34.9 Å². The Hall–Kier alpha value is -4.18. The number of urea groups is 1. The number of nitrogens with zero attached hydrogens (tertiary/aromatic N) is 3. The standard InChI is InChI=1S/C24H23FN8O4S2/c25-19-9-7-16(12-27-19)15-6-8-17-18(10-15)38-23(30-17)21(22-33-32-20(37-22)13-29-39(26,35)36)31-24(34)28-11-14-4-2-1-3-5-14/h1-10,21,27,29H,11-13H2,(H2,26,35,36)(H2,28,31,34). The number of thiazole rings is 1. The fourth-order valence-electron chi connectivity index (χ4n) is 3.74. The number of rotatable bonds is 9. The van der Waals surface area contributed by atoms with Crippen molar-refractivity contribution in [2.75, 3.05) is 6.54 Å². The number of carbonyl (C=O) groups is 1. The van der Waals surface area contributed by atoms with Gasteiger partial charge in [0.1, 0.15) is 5.01 Å². The summed E-state index contributed by atoms with van der Waals surface area (Å²) in [6, 6.07) is 13.6. The highest BCUT2D eigenvalue weighted by atomic mass is 32.2. The molecule has 0 aliphatic carbocycles. The molecule has 202 valence electrons. The summed E-state index contributed by atoms with van der Waals surface area (Å²) in [5.74, 6) is -0.427. The predicted molar refractivity (Wildman–Crippen MR) is 143 cm³/mol. The van der Waals surface area contributed by atoms with Crippen LogP contribution in [0.15, 0.2) is 71.1 Å². The molecular weight excluding hydrogens is 547 g/mol. The van der Waals surface area contributed by atoms with Gasteiger partial charge >= 0.3 is 6.03 Å². The Morgan fingerprint density at radius 2 is 1.97 bits per heavy atom. The van der Waals surface area contributed by atoms with Crippen molar-refractivity contribution in [1.29, 1.82) is 0 Å². The van der Waals surface area contributed by atoms with Gasteiger partial charge in [0.25, 0.3) is 10.2 Å². The number of nitrogens with two attached hydrogens (primary N) is 1. The summed E-state index contributed by atoms with van der Waals surface area (Å²) in [7, 11) is -3.97. The molecule has 12 nitrogen and oxygen atoms in total. The molecule has 1 aliphatic heterocycles. The highest BCUT2D eigenvalue weighted by molar-refractivity contribution is 7.87. The number of aromatic nitrogens is 3. The second kappa shape index (κ2) is 11.3. The Balaban J connectivity index is 1.41. The van der Waals surface area contributed by atoms with E-state index in [0.717, 1.165) is 21.4 Å². The van der Waals surface area contributed by atoms with Crippen LogP contribution in [-0.4, -0.2) is 36.2 Å². The van der Waals surface area contributed by atoms with E-state index in [2.05, 4.69) is 35.9 Å². The maximum atomic E-state index is 13.3. The van der Waals surface area contributed by atoms with E-state index in [1.807, 2.05) is 48.5 Å². The number of fused-ring (bicyclic) bond motifs is 1. The molecule has 2 aromatic carbocycles.